The first-order chi connectivity index (χ1) is 12.2. The van der Waals surface area contributed by atoms with Crippen LogP contribution in [-0.2, 0) is 13.2 Å². The lowest BCUT2D eigenvalue weighted by atomic mass is 10.0. The summed E-state index contributed by atoms with van der Waals surface area (Å²) in [5.41, 5.74) is -0.250. The molecule has 0 unspecified atom stereocenters. The lowest BCUT2D eigenvalue weighted by Crippen LogP contribution is -2.11. The summed E-state index contributed by atoms with van der Waals surface area (Å²) >= 11 is 1.05. The SMILES string of the molecule is Cn1nc(Sc2ccc(C(=O)c3cccc(F)c3)cc2)cc1C(F)(F)F. The number of alkyl halides is 3. The first-order valence-electron chi connectivity index (χ1n) is 7.43. The van der Waals surface area contributed by atoms with Crippen LogP contribution in [0.2, 0.25) is 0 Å². The van der Waals surface area contributed by atoms with Crippen molar-refractivity contribution in [2.45, 2.75) is 16.1 Å². The molecule has 0 radical (unpaired) electrons. The molecule has 3 nitrogen and oxygen atoms in total. The number of hydrogen-bond acceptors (Lipinski definition) is 3. The Morgan fingerprint density at radius 2 is 1.73 bits per heavy atom. The minimum Gasteiger partial charge on any atom is -0.289 e. The molecule has 0 fully saturated rings. The van der Waals surface area contributed by atoms with Gasteiger partial charge in [-0.05, 0) is 36.4 Å². The number of hydrogen-bond donors (Lipinski definition) is 0. The largest absolute Gasteiger partial charge is 0.433 e. The summed E-state index contributed by atoms with van der Waals surface area (Å²) in [7, 11) is 1.23. The van der Waals surface area contributed by atoms with Crippen LogP contribution in [0, 0.1) is 5.82 Å². The number of aryl methyl sites for hydroxylation is 1. The molecular weight excluding hydrogens is 368 g/mol. The van der Waals surface area contributed by atoms with Crippen LogP contribution >= 0.6 is 11.8 Å². The predicted octanol–water partition coefficient (Wildman–Crippen LogP) is 4.96. The molecule has 0 aliphatic heterocycles. The van der Waals surface area contributed by atoms with Gasteiger partial charge < -0.3 is 0 Å². The molecule has 26 heavy (non-hydrogen) atoms. The highest BCUT2D eigenvalue weighted by Crippen LogP contribution is 2.34. The number of aromatic nitrogens is 2. The van der Waals surface area contributed by atoms with E-state index in [2.05, 4.69) is 5.10 Å². The quantitative estimate of drug-likeness (QED) is 0.474. The summed E-state index contributed by atoms with van der Waals surface area (Å²) in [4.78, 5) is 12.9. The monoisotopic (exact) mass is 380 g/mol. The molecule has 2 aromatic carbocycles. The van der Waals surface area contributed by atoms with E-state index in [0.717, 1.165) is 28.6 Å². The predicted molar refractivity (Wildman–Crippen MR) is 88.6 cm³/mol. The van der Waals surface area contributed by atoms with Gasteiger partial charge in [0.05, 0.1) is 0 Å². The Bertz CT molecular complexity index is 949. The molecular formula is C18H12F4N2OS. The average Bonchev–Trinajstić information content (AvgIpc) is 2.95. The third kappa shape index (κ3) is 3.96. The van der Waals surface area contributed by atoms with Crippen molar-refractivity contribution >= 4 is 17.5 Å². The molecule has 134 valence electrons. The van der Waals surface area contributed by atoms with E-state index in [9.17, 15) is 22.4 Å². The molecule has 0 amide bonds. The Kier molecular flexibility index (Phi) is 4.86. The standard InChI is InChI=1S/C18H12F4N2OS/c1-24-15(18(20,21)22)10-16(23-24)26-14-7-5-11(6-8-14)17(25)12-3-2-4-13(19)9-12/h2-10H,1H3. The molecule has 0 atom stereocenters. The molecule has 1 aromatic heterocycles. The van der Waals surface area contributed by atoms with E-state index in [-0.39, 0.29) is 16.4 Å². The van der Waals surface area contributed by atoms with E-state index < -0.39 is 17.7 Å². The van der Waals surface area contributed by atoms with Crippen LogP contribution in [0.1, 0.15) is 21.6 Å². The van der Waals surface area contributed by atoms with Crippen LogP contribution in [0.3, 0.4) is 0 Å². The lowest BCUT2D eigenvalue weighted by molar-refractivity contribution is -0.143. The summed E-state index contributed by atoms with van der Waals surface area (Å²) in [6, 6.07) is 12.6. The average molecular weight is 380 g/mol. The van der Waals surface area contributed by atoms with Gasteiger partial charge in [-0.3, -0.25) is 9.48 Å². The van der Waals surface area contributed by atoms with Gasteiger partial charge in [-0.25, -0.2) is 4.39 Å². The van der Waals surface area contributed by atoms with E-state index >= 15 is 0 Å². The summed E-state index contributed by atoms with van der Waals surface area (Å²) < 4.78 is 52.4. The Hall–Kier alpha value is -2.61. The van der Waals surface area contributed by atoms with Gasteiger partial charge in [0, 0.05) is 29.1 Å². The minimum atomic E-state index is -4.47. The van der Waals surface area contributed by atoms with E-state index in [1.807, 2.05) is 0 Å². The van der Waals surface area contributed by atoms with E-state index in [1.165, 1.54) is 25.2 Å². The molecule has 1 heterocycles. The van der Waals surface area contributed by atoms with Gasteiger partial charge in [0.15, 0.2) is 5.78 Å². The van der Waals surface area contributed by atoms with Crippen LogP contribution in [-0.4, -0.2) is 15.6 Å². The zero-order valence-corrected chi connectivity index (χ0v) is 14.2. The van der Waals surface area contributed by atoms with Crippen LogP contribution < -0.4 is 0 Å². The highest BCUT2D eigenvalue weighted by Gasteiger charge is 2.35. The van der Waals surface area contributed by atoms with Crippen LogP contribution in [0.15, 0.2) is 64.5 Å². The number of nitrogens with zero attached hydrogens (tertiary/aromatic N) is 2. The number of carbonyl (C=O) groups is 1. The fraction of sp³-hybridized carbons (Fsp3) is 0.111. The molecule has 0 saturated carbocycles. The first-order valence-corrected chi connectivity index (χ1v) is 8.25. The highest BCUT2D eigenvalue weighted by atomic mass is 32.2. The molecule has 0 aliphatic rings. The minimum absolute atomic E-state index is 0.198. The van der Waals surface area contributed by atoms with Crippen molar-refractivity contribution in [3.8, 4) is 0 Å². The smallest absolute Gasteiger partial charge is 0.289 e. The highest BCUT2D eigenvalue weighted by molar-refractivity contribution is 7.99. The number of benzene rings is 2. The fourth-order valence-corrected chi connectivity index (χ4v) is 3.20. The molecule has 0 bridgehead atoms. The van der Waals surface area contributed by atoms with Gasteiger partial charge in [0.25, 0.3) is 0 Å². The number of ketones is 1. The van der Waals surface area contributed by atoms with Crippen molar-refractivity contribution < 1.29 is 22.4 Å². The van der Waals surface area contributed by atoms with Gasteiger partial charge in [0.2, 0.25) is 0 Å². The second-order valence-electron chi connectivity index (χ2n) is 5.46. The third-order valence-electron chi connectivity index (χ3n) is 3.57. The molecule has 0 saturated heterocycles. The maximum absolute atomic E-state index is 13.2. The molecule has 3 rings (SSSR count). The molecule has 3 aromatic rings. The number of rotatable bonds is 4. The molecule has 0 N–H and O–H groups in total. The molecule has 0 spiro atoms. The first kappa shape index (κ1) is 18.2. The zero-order chi connectivity index (χ0) is 18.9. The van der Waals surface area contributed by atoms with Gasteiger partial charge in [-0.1, -0.05) is 23.9 Å². The Morgan fingerprint density at radius 1 is 1.04 bits per heavy atom. The number of halogens is 4. The van der Waals surface area contributed by atoms with Gasteiger partial charge >= 0.3 is 6.18 Å². The topological polar surface area (TPSA) is 34.9 Å². The zero-order valence-electron chi connectivity index (χ0n) is 13.4. The Morgan fingerprint density at radius 3 is 2.31 bits per heavy atom. The summed E-state index contributed by atoms with van der Waals surface area (Å²) in [6.45, 7) is 0. The molecule has 0 aliphatic carbocycles. The second-order valence-corrected chi connectivity index (χ2v) is 6.55. The van der Waals surface area contributed by atoms with Crippen LogP contribution in [0.4, 0.5) is 17.6 Å². The van der Waals surface area contributed by atoms with Gasteiger partial charge in [0.1, 0.15) is 16.5 Å². The Balaban J connectivity index is 1.77. The summed E-state index contributed by atoms with van der Waals surface area (Å²) in [5.74, 6) is -0.836. The third-order valence-corrected chi connectivity index (χ3v) is 4.49. The van der Waals surface area contributed by atoms with E-state index in [0.29, 0.717) is 10.5 Å². The van der Waals surface area contributed by atoms with E-state index in [4.69, 9.17) is 0 Å². The Labute approximate surface area is 150 Å². The second kappa shape index (κ2) is 6.95. The molecule has 8 heteroatoms. The van der Waals surface area contributed by atoms with Crippen molar-refractivity contribution in [3.63, 3.8) is 0 Å². The maximum atomic E-state index is 13.2. The van der Waals surface area contributed by atoms with Crippen molar-refractivity contribution in [2.24, 2.45) is 7.05 Å². The van der Waals surface area contributed by atoms with Gasteiger partial charge in [-0.15, -0.1) is 0 Å². The van der Waals surface area contributed by atoms with E-state index in [1.54, 1.807) is 24.3 Å². The van der Waals surface area contributed by atoms with Crippen molar-refractivity contribution in [2.75, 3.05) is 0 Å². The van der Waals surface area contributed by atoms with Crippen molar-refractivity contribution in [1.29, 1.82) is 0 Å². The number of carbonyl (C=O) groups excluding carboxylic acids is 1. The lowest BCUT2D eigenvalue weighted by Gasteiger charge is -2.04. The normalized spacial score (nSPS) is 11.6. The van der Waals surface area contributed by atoms with Crippen LogP contribution in [0.5, 0.6) is 0 Å². The van der Waals surface area contributed by atoms with Crippen molar-refractivity contribution in [3.05, 3.63) is 77.2 Å². The fourth-order valence-electron chi connectivity index (χ4n) is 2.35. The van der Waals surface area contributed by atoms with Gasteiger partial charge in [-0.2, -0.15) is 18.3 Å². The van der Waals surface area contributed by atoms with Crippen LogP contribution in [0.25, 0.3) is 0 Å². The van der Waals surface area contributed by atoms with Crippen molar-refractivity contribution in [1.82, 2.24) is 9.78 Å². The summed E-state index contributed by atoms with van der Waals surface area (Å²) in [5, 5.41) is 4.04. The maximum Gasteiger partial charge on any atom is 0.433 e. The summed E-state index contributed by atoms with van der Waals surface area (Å²) in [6.07, 6.45) is -4.47.